The molecule has 1 aliphatic carbocycles. The minimum atomic E-state index is 0.247. The summed E-state index contributed by atoms with van der Waals surface area (Å²) in [5.74, 6) is 0.901. The van der Waals surface area contributed by atoms with Crippen molar-refractivity contribution in [1.29, 1.82) is 0 Å². The molecule has 2 aromatic rings. The van der Waals surface area contributed by atoms with Gasteiger partial charge in [0.1, 0.15) is 5.75 Å². The van der Waals surface area contributed by atoms with E-state index in [-0.39, 0.29) is 5.41 Å². The molecule has 122 valence electrons. The minimum Gasteiger partial charge on any atom is -0.497 e. The Kier molecular flexibility index (Phi) is 4.93. The lowest BCUT2D eigenvalue weighted by Crippen LogP contribution is -2.50. The third kappa shape index (κ3) is 3.39. The van der Waals surface area contributed by atoms with Crippen LogP contribution in [0.3, 0.4) is 0 Å². The standard InChI is InChI=1S/C20H24ClNO/c1-15(22-14-16-4-10-19(23-2)11-5-16)20(12-3-13-20)17-6-8-18(21)9-7-17/h4-11,15,22H,3,12-14H2,1-2H3. The predicted molar refractivity (Wildman–Crippen MR) is 96.3 cm³/mol. The van der Waals surface area contributed by atoms with Gasteiger partial charge in [0, 0.05) is 23.0 Å². The highest BCUT2D eigenvalue weighted by Crippen LogP contribution is 2.46. The van der Waals surface area contributed by atoms with Gasteiger partial charge in [-0.15, -0.1) is 0 Å². The molecule has 0 aromatic heterocycles. The Morgan fingerprint density at radius 3 is 2.26 bits per heavy atom. The molecule has 23 heavy (non-hydrogen) atoms. The number of ether oxygens (including phenoxy) is 1. The molecule has 2 aromatic carbocycles. The van der Waals surface area contributed by atoms with Crippen molar-refractivity contribution in [2.45, 2.75) is 44.2 Å². The van der Waals surface area contributed by atoms with Crippen LogP contribution >= 0.6 is 11.6 Å². The Morgan fingerprint density at radius 1 is 1.09 bits per heavy atom. The normalized spacial score (nSPS) is 17.3. The highest BCUT2D eigenvalue weighted by Gasteiger charge is 2.43. The summed E-state index contributed by atoms with van der Waals surface area (Å²) in [7, 11) is 1.70. The van der Waals surface area contributed by atoms with Crippen LogP contribution in [0, 0.1) is 0 Å². The zero-order chi connectivity index (χ0) is 16.3. The summed E-state index contributed by atoms with van der Waals surface area (Å²) in [4.78, 5) is 0. The van der Waals surface area contributed by atoms with Crippen LogP contribution < -0.4 is 10.1 Å². The maximum absolute atomic E-state index is 6.04. The summed E-state index contributed by atoms with van der Waals surface area (Å²) < 4.78 is 5.21. The first-order valence-electron chi connectivity index (χ1n) is 8.26. The van der Waals surface area contributed by atoms with Crippen LogP contribution in [0.2, 0.25) is 5.02 Å². The van der Waals surface area contributed by atoms with E-state index < -0.39 is 0 Å². The first-order valence-corrected chi connectivity index (χ1v) is 8.64. The molecule has 1 fully saturated rings. The molecular formula is C20H24ClNO. The second-order valence-corrected chi connectivity index (χ2v) is 6.90. The Hall–Kier alpha value is -1.51. The molecule has 1 N–H and O–H groups in total. The van der Waals surface area contributed by atoms with Crippen LogP contribution in [0.5, 0.6) is 5.75 Å². The summed E-state index contributed by atoms with van der Waals surface area (Å²) in [6.45, 7) is 3.18. The van der Waals surface area contributed by atoms with Crippen molar-refractivity contribution in [1.82, 2.24) is 5.32 Å². The molecule has 3 rings (SSSR count). The van der Waals surface area contributed by atoms with Gasteiger partial charge in [-0.3, -0.25) is 0 Å². The molecule has 1 unspecified atom stereocenters. The second-order valence-electron chi connectivity index (χ2n) is 6.47. The van der Waals surface area contributed by atoms with E-state index in [1.165, 1.54) is 30.4 Å². The Labute approximate surface area is 143 Å². The number of hydrogen-bond donors (Lipinski definition) is 1. The Bertz CT molecular complexity index is 632. The predicted octanol–water partition coefficient (Wildman–Crippen LogP) is 4.95. The fourth-order valence-corrected chi connectivity index (χ4v) is 3.65. The molecule has 0 heterocycles. The lowest BCUT2D eigenvalue weighted by atomic mass is 9.60. The highest BCUT2D eigenvalue weighted by molar-refractivity contribution is 6.30. The minimum absolute atomic E-state index is 0.247. The molecule has 0 radical (unpaired) electrons. The second kappa shape index (κ2) is 6.94. The lowest BCUT2D eigenvalue weighted by molar-refractivity contribution is 0.178. The molecule has 0 bridgehead atoms. The molecule has 1 aliphatic rings. The van der Waals surface area contributed by atoms with Gasteiger partial charge in [-0.2, -0.15) is 0 Å². The van der Waals surface area contributed by atoms with E-state index in [9.17, 15) is 0 Å². The van der Waals surface area contributed by atoms with Gasteiger partial charge in [0.2, 0.25) is 0 Å². The number of halogens is 1. The van der Waals surface area contributed by atoms with Crippen molar-refractivity contribution in [2.24, 2.45) is 0 Å². The van der Waals surface area contributed by atoms with Gasteiger partial charge < -0.3 is 10.1 Å². The average molecular weight is 330 g/mol. The van der Waals surface area contributed by atoms with Crippen LogP contribution in [0.4, 0.5) is 0 Å². The highest BCUT2D eigenvalue weighted by atomic mass is 35.5. The van der Waals surface area contributed by atoms with Crippen LogP contribution in [0.15, 0.2) is 48.5 Å². The van der Waals surface area contributed by atoms with Gasteiger partial charge in [-0.25, -0.2) is 0 Å². The number of nitrogens with one attached hydrogen (secondary N) is 1. The molecule has 0 spiro atoms. The van der Waals surface area contributed by atoms with Crippen molar-refractivity contribution in [3.05, 3.63) is 64.7 Å². The van der Waals surface area contributed by atoms with Crippen LogP contribution in [-0.2, 0) is 12.0 Å². The van der Waals surface area contributed by atoms with E-state index in [1.54, 1.807) is 7.11 Å². The quantitative estimate of drug-likeness (QED) is 0.809. The molecule has 0 saturated heterocycles. The monoisotopic (exact) mass is 329 g/mol. The molecular weight excluding hydrogens is 306 g/mol. The van der Waals surface area contributed by atoms with Crippen molar-refractivity contribution in [3.8, 4) is 5.75 Å². The summed E-state index contributed by atoms with van der Waals surface area (Å²) in [5.41, 5.74) is 2.93. The van der Waals surface area contributed by atoms with E-state index in [2.05, 4.69) is 36.5 Å². The van der Waals surface area contributed by atoms with Crippen LogP contribution in [0.25, 0.3) is 0 Å². The zero-order valence-electron chi connectivity index (χ0n) is 13.8. The van der Waals surface area contributed by atoms with Gasteiger partial charge in [0.15, 0.2) is 0 Å². The fraction of sp³-hybridized carbons (Fsp3) is 0.400. The lowest BCUT2D eigenvalue weighted by Gasteiger charge is -2.47. The Balaban J connectivity index is 1.67. The third-order valence-corrected chi connectivity index (χ3v) is 5.52. The van der Waals surface area contributed by atoms with E-state index >= 15 is 0 Å². The first kappa shape index (κ1) is 16.4. The molecule has 0 amide bonds. The van der Waals surface area contributed by atoms with Crippen molar-refractivity contribution in [2.75, 3.05) is 7.11 Å². The van der Waals surface area contributed by atoms with Gasteiger partial charge in [0.25, 0.3) is 0 Å². The van der Waals surface area contributed by atoms with E-state index in [1.807, 2.05) is 24.3 Å². The van der Waals surface area contributed by atoms with Crippen LogP contribution in [-0.4, -0.2) is 13.2 Å². The number of rotatable bonds is 6. The van der Waals surface area contributed by atoms with Gasteiger partial charge in [0.05, 0.1) is 7.11 Å². The molecule has 1 saturated carbocycles. The first-order chi connectivity index (χ1) is 11.1. The maximum Gasteiger partial charge on any atom is 0.118 e. The Morgan fingerprint density at radius 2 is 1.74 bits per heavy atom. The number of methoxy groups -OCH3 is 1. The van der Waals surface area contributed by atoms with E-state index in [4.69, 9.17) is 16.3 Å². The summed E-state index contributed by atoms with van der Waals surface area (Å²) in [6.07, 6.45) is 3.79. The van der Waals surface area contributed by atoms with E-state index in [0.717, 1.165) is 17.3 Å². The van der Waals surface area contributed by atoms with Crippen molar-refractivity contribution in [3.63, 3.8) is 0 Å². The van der Waals surface area contributed by atoms with Gasteiger partial charge in [-0.05, 0) is 55.2 Å². The summed E-state index contributed by atoms with van der Waals surface area (Å²) in [6, 6.07) is 17.1. The zero-order valence-corrected chi connectivity index (χ0v) is 14.6. The summed E-state index contributed by atoms with van der Waals surface area (Å²) in [5, 5.41) is 4.53. The van der Waals surface area contributed by atoms with Crippen LogP contribution in [0.1, 0.15) is 37.3 Å². The van der Waals surface area contributed by atoms with Crippen molar-refractivity contribution >= 4 is 11.6 Å². The van der Waals surface area contributed by atoms with E-state index in [0.29, 0.717) is 6.04 Å². The molecule has 3 heteroatoms. The van der Waals surface area contributed by atoms with Gasteiger partial charge in [-0.1, -0.05) is 42.3 Å². The topological polar surface area (TPSA) is 21.3 Å². The smallest absolute Gasteiger partial charge is 0.118 e. The number of hydrogen-bond acceptors (Lipinski definition) is 2. The summed E-state index contributed by atoms with van der Waals surface area (Å²) >= 11 is 6.04. The van der Waals surface area contributed by atoms with Gasteiger partial charge >= 0.3 is 0 Å². The largest absolute Gasteiger partial charge is 0.497 e. The molecule has 0 aliphatic heterocycles. The fourth-order valence-electron chi connectivity index (χ4n) is 3.52. The average Bonchev–Trinajstić information content (AvgIpc) is 2.54. The molecule has 1 atom stereocenters. The molecule has 2 nitrogen and oxygen atoms in total. The van der Waals surface area contributed by atoms with Crippen molar-refractivity contribution < 1.29 is 4.74 Å². The number of benzene rings is 2. The SMILES string of the molecule is COc1ccc(CNC(C)C2(c3ccc(Cl)cc3)CCC2)cc1. The third-order valence-electron chi connectivity index (χ3n) is 5.27. The maximum atomic E-state index is 6.04.